The number of rotatable bonds is 2. The van der Waals surface area contributed by atoms with Crippen LogP contribution >= 0.6 is 15.9 Å². The summed E-state index contributed by atoms with van der Waals surface area (Å²) in [5.74, 6) is -0.646. The molecule has 1 aromatic heterocycles. The summed E-state index contributed by atoms with van der Waals surface area (Å²) in [5.41, 5.74) is -0.398. The van der Waals surface area contributed by atoms with E-state index in [1.165, 1.54) is 13.2 Å². The highest BCUT2D eigenvalue weighted by Gasteiger charge is 2.20. The van der Waals surface area contributed by atoms with Gasteiger partial charge in [0.15, 0.2) is 5.69 Å². The molecule has 0 saturated carbocycles. The average Bonchev–Trinajstić information content (AvgIpc) is 2.28. The van der Waals surface area contributed by atoms with Gasteiger partial charge >= 0.3 is 12.1 Å². The van der Waals surface area contributed by atoms with Crippen molar-refractivity contribution in [3.05, 3.63) is 22.4 Å². The number of halogens is 1. The summed E-state index contributed by atoms with van der Waals surface area (Å²) in [7, 11) is 1.24. The first-order chi connectivity index (χ1) is 8.73. The fourth-order valence-corrected chi connectivity index (χ4v) is 1.51. The van der Waals surface area contributed by atoms with E-state index in [9.17, 15) is 9.59 Å². The van der Waals surface area contributed by atoms with Crippen LogP contribution in [-0.2, 0) is 9.47 Å². The molecule has 0 bridgehead atoms. The number of carbonyl (C=O) groups is 2. The first kappa shape index (κ1) is 15.4. The normalized spacial score (nSPS) is 10.8. The minimum absolute atomic E-state index is 0.00253. The Morgan fingerprint density at radius 2 is 1.95 bits per heavy atom. The summed E-state index contributed by atoms with van der Waals surface area (Å²) < 4.78 is 10.2. The van der Waals surface area contributed by atoms with Crippen molar-refractivity contribution in [1.29, 1.82) is 0 Å². The predicted molar refractivity (Wildman–Crippen MR) is 73.1 cm³/mol. The van der Waals surface area contributed by atoms with E-state index >= 15 is 0 Å². The summed E-state index contributed by atoms with van der Waals surface area (Å²) in [6.07, 6.45) is -0.665. The number of anilines is 1. The standard InChI is InChI=1S/C12H15BrN2O4/c1-12(2,3)19-11(17)14-7-5-6-8(13)15-9(7)10(16)18-4/h5-6H,1-4H3,(H,14,17). The Bertz CT molecular complexity index is 497. The van der Waals surface area contributed by atoms with Crippen molar-refractivity contribution in [1.82, 2.24) is 4.98 Å². The Balaban J connectivity index is 2.95. The van der Waals surface area contributed by atoms with Crippen LogP contribution in [0.25, 0.3) is 0 Å². The third kappa shape index (κ3) is 4.86. The fourth-order valence-electron chi connectivity index (χ4n) is 1.20. The van der Waals surface area contributed by atoms with Crippen LogP contribution in [0.2, 0.25) is 0 Å². The maximum atomic E-state index is 11.7. The van der Waals surface area contributed by atoms with E-state index in [1.807, 2.05) is 0 Å². The van der Waals surface area contributed by atoms with Crippen molar-refractivity contribution in [2.45, 2.75) is 26.4 Å². The Morgan fingerprint density at radius 3 is 2.47 bits per heavy atom. The molecule has 0 aliphatic heterocycles. The molecule has 104 valence electrons. The molecule has 1 amide bonds. The molecule has 1 N–H and O–H groups in total. The Kier molecular flexibility index (Phi) is 4.88. The number of amides is 1. The number of hydrogen-bond acceptors (Lipinski definition) is 5. The van der Waals surface area contributed by atoms with Gasteiger partial charge in [0.1, 0.15) is 10.2 Å². The summed E-state index contributed by atoms with van der Waals surface area (Å²) in [6.45, 7) is 5.23. The highest BCUT2D eigenvalue weighted by molar-refractivity contribution is 9.10. The summed E-state index contributed by atoms with van der Waals surface area (Å²) in [6, 6.07) is 3.13. The number of carbonyl (C=O) groups excluding carboxylic acids is 2. The van der Waals surface area contributed by atoms with Gasteiger partial charge < -0.3 is 9.47 Å². The van der Waals surface area contributed by atoms with E-state index < -0.39 is 17.7 Å². The number of hydrogen-bond donors (Lipinski definition) is 1. The molecule has 1 aromatic rings. The molecule has 1 rings (SSSR count). The van der Waals surface area contributed by atoms with Crippen LogP contribution in [-0.4, -0.2) is 29.8 Å². The largest absolute Gasteiger partial charge is 0.464 e. The van der Waals surface area contributed by atoms with Crippen LogP contribution in [0.4, 0.5) is 10.5 Å². The van der Waals surface area contributed by atoms with E-state index in [-0.39, 0.29) is 11.4 Å². The quantitative estimate of drug-likeness (QED) is 0.666. The summed E-state index contributed by atoms with van der Waals surface area (Å²) in [4.78, 5) is 27.2. The molecule has 0 atom stereocenters. The van der Waals surface area contributed by atoms with Crippen molar-refractivity contribution in [2.24, 2.45) is 0 Å². The van der Waals surface area contributed by atoms with Gasteiger partial charge in [-0.05, 0) is 48.8 Å². The van der Waals surface area contributed by atoms with Crippen LogP contribution in [0, 0.1) is 0 Å². The van der Waals surface area contributed by atoms with Gasteiger partial charge in [-0.3, -0.25) is 5.32 Å². The molecule has 0 fully saturated rings. The predicted octanol–water partition coefficient (Wildman–Crippen LogP) is 2.98. The molecule has 0 aliphatic carbocycles. The minimum Gasteiger partial charge on any atom is -0.464 e. The van der Waals surface area contributed by atoms with E-state index in [4.69, 9.17) is 4.74 Å². The second kappa shape index (κ2) is 6.01. The van der Waals surface area contributed by atoms with E-state index in [0.29, 0.717) is 4.60 Å². The number of esters is 1. The molecule has 0 aromatic carbocycles. The Labute approximate surface area is 119 Å². The van der Waals surface area contributed by atoms with E-state index in [0.717, 1.165) is 0 Å². The minimum atomic E-state index is -0.665. The monoisotopic (exact) mass is 330 g/mol. The maximum absolute atomic E-state index is 11.7. The van der Waals surface area contributed by atoms with Gasteiger partial charge in [-0.1, -0.05) is 0 Å². The lowest BCUT2D eigenvalue weighted by atomic mass is 10.2. The number of pyridine rings is 1. The number of aromatic nitrogens is 1. The van der Waals surface area contributed by atoms with Crippen LogP contribution in [0.15, 0.2) is 16.7 Å². The molecule has 19 heavy (non-hydrogen) atoms. The number of nitrogens with one attached hydrogen (secondary N) is 1. The second-order valence-electron chi connectivity index (χ2n) is 4.65. The zero-order chi connectivity index (χ0) is 14.6. The molecule has 0 saturated heterocycles. The van der Waals surface area contributed by atoms with Crippen LogP contribution < -0.4 is 5.32 Å². The smallest absolute Gasteiger partial charge is 0.412 e. The molecule has 0 aliphatic rings. The second-order valence-corrected chi connectivity index (χ2v) is 5.46. The van der Waals surface area contributed by atoms with Crippen molar-refractivity contribution in [3.8, 4) is 0 Å². The van der Waals surface area contributed by atoms with Gasteiger partial charge in [0.25, 0.3) is 0 Å². The number of ether oxygens (including phenoxy) is 2. The zero-order valence-corrected chi connectivity index (χ0v) is 12.7. The van der Waals surface area contributed by atoms with Crippen LogP contribution in [0.3, 0.4) is 0 Å². The Morgan fingerprint density at radius 1 is 1.32 bits per heavy atom. The third-order valence-electron chi connectivity index (χ3n) is 1.88. The summed E-state index contributed by atoms with van der Waals surface area (Å²) in [5, 5.41) is 2.46. The first-order valence-corrected chi connectivity index (χ1v) is 6.27. The van der Waals surface area contributed by atoms with Gasteiger partial charge in [0, 0.05) is 0 Å². The molecule has 0 radical (unpaired) electrons. The lowest BCUT2D eigenvalue weighted by Crippen LogP contribution is -2.28. The van der Waals surface area contributed by atoms with Crippen LogP contribution in [0.5, 0.6) is 0 Å². The van der Waals surface area contributed by atoms with Crippen LogP contribution in [0.1, 0.15) is 31.3 Å². The molecule has 6 nitrogen and oxygen atoms in total. The lowest BCUT2D eigenvalue weighted by Gasteiger charge is -2.20. The van der Waals surface area contributed by atoms with Gasteiger partial charge in [-0.15, -0.1) is 0 Å². The molecule has 1 heterocycles. The summed E-state index contributed by atoms with van der Waals surface area (Å²) >= 11 is 3.15. The van der Waals surface area contributed by atoms with Crippen molar-refractivity contribution in [2.75, 3.05) is 12.4 Å². The number of nitrogens with zero attached hydrogens (tertiary/aromatic N) is 1. The highest BCUT2D eigenvalue weighted by atomic mass is 79.9. The molecule has 0 spiro atoms. The fraction of sp³-hybridized carbons (Fsp3) is 0.417. The molecule has 7 heteroatoms. The van der Waals surface area contributed by atoms with Crippen molar-refractivity contribution < 1.29 is 19.1 Å². The zero-order valence-electron chi connectivity index (χ0n) is 11.1. The van der Waals surface area contributed by atoms with Gasteiger partial charge in [-0.25, -0.2) is 14.6 Å². The van der Waals surface area contributed by atoms with Gasteiger partial charge in [-0.2, -0.15) is 0 Å². The lowest BCUT2D eigenvalue weighted by molar-refractivity contribution is 0.0595. The van der Waals surface area contributed by atoms with Crippen molar-refractivity contribution >= 4 is 33.7 Å². The average molecular weight is 331 g/mol. The van der Waals surface area contributed by atoms with E-state index in [2.05, 4.69) is 31.0 Å². The molecule has 0 unspecified atom stereocenters. The molecular formula is C12H15BrN2O4. The maximum Gasteiger partial charge on any atom is 0.412 e. The Hall–Kier alpha value is -1.63. The third-order valence-corrected chi connectivity index (χ3v) is 2.32. The van der Waals surface area contributed by atoms with Crippen molar-refractivity contribution in [3.63, 3.8) is 0 Å². The highest BCUT2D eigenvalue weighted by Crippen LogP contribution is 2.19. The number of methoxy groups -OCH3 is 1. The topological polar surface area (TPSA) is 77.5 Å². The van der Waals surface area contributed by atoms with E-state index in [1.54, 1.807) is 26.8 Å². The SMILES string of the molecule is COC(=O)c1nc(Br)ccc1NC(=O)OC(C)(C)C. The van der Waals surface area contributed by atoms with Gasteiger partial charge in [0.2, 0.25) is 0 Å². The van der Waals surface area contributed by atoms with Gasteiger partial charge in [0.05, 0.1) is 12.8 Å². The molecular weight excluding hydrogens is 316 g/mol. The first-order valence-electron chi connectivity index (χ1n) is 5.48.